The van der Waals surface area contributed by atoms with E-state index in [0.717, 1.165) is 27.8 Å². The van der Waals surface area contributed by atoms with Gasteiger partial charge in [-0.15, -0.1) is 24.0 Å². The summed E-state index contributed by atoms with van der Waals surface area (Å²) in [7, 11) is 0. The first-order chi connectivity index (χ1) is 14.7. The van der Waals surface area contributed by atoms with Gasteiger partial charge in [-0.3, -0.25) is 4.90 Å². The zero-order chi connectivity index (χ0) is 20.5. The summed E-state index contributed by atoms with van der Waals surface area (Å²) in [5, 5.41) is 7.15. The van der Waals surface area contributed by atoms with E-state index in [-0.39, 0.29) is 0 Å². The van der Waals surface area contributed by atoms with Crippen LogP contribution in [0, 0.1) is 6.92 Å². The van der Waals surface area contributed by atoms with Crippen LogP contribution in [0.3, 0.4) is 0 Å². The second kappa shape index (κ2) is 7.95. The van der Waals surface area contributed by atoms with E-state index in [4.69, 9.17) is 4.98 Å². The molecule has 0 fully saturated rings. The number of allylic oxidation sites excluding steroid dienone is 2. The van der Waals surface area contributed by atoms with Gasteiger partial charge < -0.3 is 9.88 Å². The van der Waals surface area contributed by atoms with Gasteiger partial charge in [0.05, 0.1) is 5.69 Å². The van der Waals surface area contributed by atoms with Crippen LogP contribution in [-0.2, 0) is 0 Å². The van der Waals surface area contributed by atoms with Gasteiger partial charge in [-0.2, -0.15) is 0 Å². The smallest absolute Gasteiger partial charge is 0.187 e. The first kappa shape index (κ1) is 18.9. The molecular weight excluding hydrogens is 410 g/mol. The van der Waals surface area contributed by atoms with E-state index in [1.807, 2.05) is 10.8 Å². The topological polar surface area (TPSA) is 47.2 Å². The zero-order valence-corrected chi connectivity index (χ0v) is 18.0. The minimum Gasteiger partial charge on any atom is -0.331 e. The second-order valence-electron chi connectivity index (χ2n) is 7.05. The highest BCUT2D eigenvalue weighted by molar-refractivity contribution is 7.80. The van der Waals surface area contributed by atoms with Gasteiger partial charge in [-0.05, 0) is 36.8 Å². The summed E-state index contributed by atoms with van der Waals surface area (Å²) in [6.45, 7) is 2.11. The van der Waals surface area contributed by atoms with Gasteiger partial charge in [-0.1, -0.05) is 18.2 Å². The summed E-state index contributed by atoms with van der Waals surface area (Å²) in [5.74, 6) is 0. The van der Waals surface area contributed by atoms with Gasteiger partial charge in [0, 0.05) is 40.6 Å². The summed E-state index contributed by atoms with van der Waals surface area (Å²) in [6.07, 6.45) is 12.0. The van der Waals surface area contributed by atoms with Gasteiger partial charge in [0.25, 0.3) is 0 Å². The number of nitrogens with one attached hydrogen (secondary N) is 2. The lowest BCUT2D eigenvalue weighted by Gasteiger charge is -2.11. The van der Waals surface area contributed by atoms with Crippen LogP contribution >= 0.6 is 24.0 Å². The Kier molecular flexibility index (Phi) is 5.00. The summed E-state index contributed by atoms with van der Waals surface area (Å²) in [5.41, 5.74) is 6.54. The average molecular weight is 431 g/mol. The predicted octanol–water partition coefficient (Wildman–Crippen LogP) is 4.89. The molecule has 2 aromatic heterocycles. The predicted molar refractivity (Wildman–Crippen MR) is 125 cm³/mol. The summed E-state index contributed by atoms with van der Waals surface area (Å²) in [6, 6.07) is 14.8. The van der Waals surface area contributed by atoms with Gasteiger partial charge in [0.15, 0.2) is 5.13 Å². The highest BCUT2D eigenvalue weighted by Gasteiger charge is 2.12. The number of hydrogen-bond acceptors (Lipinski definition) is 5. The number of anilines is 2. The van der Waals surface area contributed by atoms with Crippen LogP contribution < -0.4 is 10.2 Å². The molecule has 148 valence electrons. The van der Waals surface area contributed by atoms with Crippen molar-refractivity contribution in [1.29, 1.82) is 0 Å². The van der Waals surface area contributed by atoms with E-state index < -0.39 is 0 Å². The number of quaternary nitrogens is 1. The molecule has 30 heavy (non-hydrogen) atoms. The number of hydrogen-bond donors (Lipinski definition) is 3. The van der Waals surface area contributed by atoms with Crippen LogP contribution in [0.5, 0.6) is 0 Å². The number of aromatic nitrogens is 3. The number of thiazole rings is 1. The molecule has 5 rings (SSSR count). The number of imidazole rings is 1. The minimum atomic E-state index is 0.701. The maximum absolute atomic E-state index is 4.79. The molecule has 2 N–H and O–H groups in total. The zero-order valence-electron chi connectivity index (χ0n) is 16.3. The second-order valence-corrected chi connectivity index (χ2v) is 8.37. The first-order valence-electron chi connectivity index (χ1n) is 9.55. The highest BCUT2D eigenvalue weighted by atomic mass is 32.1. The van der Waals surface area contributed by atoms with E-state index in [9.17, 15) is 0 Å². The SMILES string of the molecule is Cc1ccc([NH+]2C=CC=C2)cc1Nc1nc(-c2ccc(-n3cnc(S)c3)cc2)cs1. The van der Waals surface area contributed by atoms with Gasteiger partial charge in [0.2, 0.25) is 0 Å². The number of rotatable bonds is 5. The molecule has 0 amide bonds. The molecule has 0 aliphatic carbocycles. The molecule has 3 heterocycles. The summed E-state index contributed by atoms with van der Waals surface area (Å²) >= 11 is 5.87. The van der Waals surface area contributed by atoms with E-state index in [1.165, 1.54) is 16.2 Å². The van der Waals surface area contributed by atoms with Crippen LogP contribution in [0.25, 0.3) is 16.9 Å². The maximum atomic E-state index is 4.79. The molecule has 0 atom stereocenters. The van der Waals surface area contributed by atoms with Crippen molar-refractivity contribution >= 4 is 40.5 Å². The van der Waals surface area contributed by atoms with Crippen molar-refractivity contribution in [3.63, 3.8) is 0 Å². The van der Waals surface area contributed by atoms with Crippen molar-refractivity contribution in [3.8, 4) is 16.9 Å². The van der Waals surface area contributed by atoms with Crippen molar-refractivity contribution in [3.05, 3.63) is 90.5 Å². The third-order valence-electron chi connectivity index (χ3n) is 5.01. The molecular formula is C23H20N5S2+. The van der Waals surface area contributed by atoms with Crippen molar-refractivity contribution in [2.45, 2.75) is 11.9 Å². The highest BCUT2D eigenvalue weighted by Crippen LogP contribution is 2.29. The number of aryl methyl sites for hydroxylation is 1. The van der Waals surface area contributed by atoms with E-state index in [2.05, 4.69) is 102 Å². The van der Waals surface area contributed by atoms with E-state index in [0.29, 0.717) is 5.03 Å². The normalized spacial score (nSPS) is 13.3. The Balaban J connectivity index is 1.35. The molecule has 0 spiro atoms. The third-order valence-corrected chi connectivity index (χ3v) is 6.00. The molecule has 1 aliphatic rings. The van der Waals surface area contributed by atoms with Crippen molar-refractivity contribution < 1.29 is 4.90 Å². The fraction of sp³-hybridized carbons (Fsp3) is 0.0435. The third kappa shape index (κ3) is 3.82. The van der Waals surface area contributed by atoms with Crippen LogP contribution in [-0.4, -0.2) is 14.5 Å². The molecule has 0 unspecified atom stereocenters. The van der Waals surface area contributed by atoms with Crippen LogP contribution in [0.4, 0.5) is 16.5 Å². The molecule has 0 saturated heterocycles. The fourth-order valence-electron chi connectivity index (χ4n) is 3.34. The standard InChI is InChI=1S/C23H19N5S2/c1-16-4-7-19(27-10-2-3-11-27)12-20(16)25-23-26-21(14-30-23)17-5-8-18(9-6-17)28-13-22(29)24-15-28/h2-15,29H,1H3,(H,25,26)/p+1. The first-order valence-corrected chi connectivity index (χ1v) is 10.9. The Labute approximate surface area is 184 Å². The molecule has 0 saturated carbocycles. The Morgan fingerprint density at radius 2 is 1.87 bits per heavy atom. The fourth-order valence-corrected chi connectivity index (χ4v) is 4.25. The number of nitrogens with zero attached hydrogens (tertiary/aromatic N) is 3. The largest absolute Gasteiger partial charge is 0.331 e. The molecule has 2 aromatic carbocycles. The average Bonchev–Trinajstić information content (AvgIpc) is 3.52. The molecule has 1 aliphatic heterocycles. The van der Waals surface area contributed by atoms with Crippen molar-refractivity contribution in [2.75, 3.05) is 5.32 Å². The lowest BCUT2D eigenvalue weighted by Crippen LogP contribution is -2.96. The molecule has 5 nitrogen and oxygen atoms in total. The lowest BCUT2D eigenvalue weighted by molar-refractivity contribution is -0.710. The van der Waals surface area contributed by atoms with Gasteiger partial charge in [-0.25, -0.2) is 9.97 Å². The minimum absolute atomic E-state index is 0.701. The van der Waals surface area contributed by atoms with E-state index in [1.54, 1.807) is 17.7 Å². The number of benzene rings is 2. The lowest BCUT2D eigenvalue weighted by atomic mass is 10.1. The summed E-state index contributed by atoms with van der Waals surface area (Å²) in [4.78, 5) is 10.2. The van der Waals surface area contributed by atoms with Crippen molar-refractivity contribution in [1.82, 2.24) is 14.5 Å². The molecule has 0 radical (unpaired) electrons. The Hall–Kier alpha value is -3.13. The molecule has 0 bridgehead atoms. The van der Waals surface area contributed by atoms with Gasteiger partial charge >= 0.3 is 0 Å². The Morgan fingerprint density at radius 3 is 2.60 bits per heavy atom. The van der Waals surface area contributed by atoms with Crippen molar-refractivity contribution in [2.24, 2.45) is 0 Å². The summed E-state index contributed by atoms with van der Waals surface area (Å²) < 4.78 is 1.95. The molecule has 7 heteroatoms. The van der Waals surface area contributed by atoms with Gasteiger partial charge in [0.1, 0.15) is 29.4 Å². The van der Waals surface area contributed by atoms with Crippen LogP contribution in [0.15, 0.2) is 89.9 Å². The Morgan fingerprint density at radius 1 is 1.07 bits per heavy atom. The van der Waals surface area contributed by atoms with Crippen LogP contribution in [0.1, 0.15) is 5.56 Å². The number of thiol groups is 1. The van der Waals surface area contributed by atoms with Crippen LogP contribution in [0.2, 0.25) is 0 Å². The monoisotopic (exact) mass is 430 g/mol. The van der Waals surface area contributed by atoms with E-state index >= 15 is 0 Å². The molecule has 4 aromatic rings. The maximum Gasteiger partial charge on any atom is 0.187 e. The Bertz CT molecular complexity index is 1240. The quantitative estimate of drug-likeness (QED) is 0.395.